The van der Waals surface area contributed by atoms with Crippen LogP contribution in [0.1, 0.15) is 28.8 Å². The number of ether oxygens (including phenoxy) is 1. The number of carbonyl (C=O) groups excluding carboxylic acids is 2. The Bertz CT molecular complexity index is 1610. The predicted octanol–water partition coefficient (Wildman–Crippen LogP) is 5.88. The summed E-state index contributed by atoms with van der Waals surface area (Å²) in [5, 5.41) is 14.3. The zero-order chi connectivity index (χ0) is 29.1. The second kappa shape index (κ2) is 11.2. The molecule has 3 N–H and O–H groups in total. The van der Waals surface area contributed by atoms with Crippen molar-refractivity contribution in [1.29, 1.82) is 0 Å². The molecule has 2 aromatic heterocycles. The lowest BCUT2D eigenvalue weighted by Gasteiger charge is -2.13. The third-order valence-electron chi connectivity index (χ3n) is 5.86. The molecule has 1 aliphatic heterocycles. The Balaban J connectivity index is 1.19. The molecule has 1 saturated heterocycles. The number of rotatable bonds is 7. The molecule has 5 rings (SSSR count). The highest BCUT2D eigenvalue weighted by Gasteiger charge is 2.32. The number of hydrogen-bond donors (Lipinski definition) is 3. The van der Waals surface area contributed by atoms with Crippen LogP contribution in [-0.4, -0.2) is 44.5 Å². The van der Waals surface area contributed by atoms with Gasteiger partial charge in [-0.3, -0.25) is 9.69 Å². The van der Waals surface area contributed by atoms with Crippen molar-refractivity contribution in [3.8, 4) is 22.2 Å². The molecule has 1 fully saturated rings. The van der Waals surface area contributed by atoms with E-state index in [4.69, 9.17) is 4.74 Å². The summed E-state index contributed by atoms with van der Waals surface area (Å²) >= 11 is 1.42. The maximum absolute atomic E-state index is 13.0. The summed E-state index contributed by atoms with van der Waals surface area (Å²) in [5.74, 6) is -1.01. The summed E-state index contributed by atoms with van der Waals surface area (Å²) in [6.45, 7) is 0.666. The number of amides is 3. The summed E-state index contributed by atoms with van der Waals surface area (Å²) in [5.41, 5.74) is -1.21. The number of urea groups is 1. The lowest BCUT2D eigenvalue weighted by atomic mass is 10.1. The number of aromatic carboxylic acids is 1. The monoisotopic (exact) mass is 584 g/mol. The number of alkyl halides is 3. The van der Waals surface area contributed by atoms with Gasteiger partial charge in [-0.25, -0.2) is 24.5 Å². The Morgan fingerprint density at radius 1 is 1.00 bits per heavy atom. The van der Waals surface area contributed by atoms with E-state index in [-0.39, 0.29) is 17.6 Å². The van der Waals surface area contributed by atoms with Crippen molar-refractivity contribution < 1.29 is 37.4 Å². The molecule has 0 atom stereocenters. The molecule has 41 heavy (non-hydrogen) atoms. The third-order valence-corrected chi connectivity index (χ3v) is 6.93. The fourth-order valence-electron chi connectivity index (χ4n) is 3.89. The molecule has 2 aromatic carbocycles. The normalized spacial score (nSPS) is 13.2. The smallest absolute Gasteiger partial charge is 0.416 e. The zero-order valence-corrected chi connectivity index (χ0v) is 21.6. The number of hydrogen-bond acceptors (Lipinski definition) is 8. The summed E-state index contributed by atoms with van der Waals surface area (Å²) in [6.07, 6.45) is 0.744. The second-order valence-electron chi connectivity index (χ2n) is 8.68. The molecule has 0 aliphatic carbocycles. The summed E-state index contributed by atoms with van der Waals surface area (Å²) in [4.78, 5) is 50.6. The van der Waals surface area contributed by atoms with Crippen LogP contribution in [0, 0.1) is 0 Å². The maximum Gasteiger partial charge on any atom is 0.416 e. The Hall–Kier alpha value is -5.05. The van der Waals surface area contributed by atoms with E-state index in [1.54, 1.807) is 23.2 Å². The highest BCUT2D eigenvalue weighted by atomic mass is 32.1. The topological polar surface area (TPSA) is 147 Å². The van der Waals surface area contributed by atoms with Gasteiger partial charge in [0.2, 0.25) is 5.91 Å². The quantitative estimate of drug-likeness (QED) is 0.244. The maximum atomic E-state index is 13.0. The molecule has 0 bridgehead atoms. The van der Waals surface area contributed by atoms with E-state index in [1.165, 1.54) is 23.7 Å². The van der Waals surface area contributed by atoms with Crippen molar-refractivity contribution in [3.63, 3.8) is 0 Å². The van der Waals surface area contributed by atoms with Crippen LogP contribution in [-0.2, 0) is 11.0 Å². The van der Waals surface area contributed by atoms with E-state index < -0.39 is 35.0 Å². The van der Waals surface area contributed by atoms with Gasteiger partial charge in [0.15, 0.2) is 5.13 Å². The van der Waals surface area contributed by atoms with Crippen molar-refractivity contribution in [2.24, 2.45) is 0 Å². The number of thiazole rings is 1. The van der Waals surface area contributed by atoms with Gasteiger partial charge < -0.3 is 20.5 Å². The minimum atomic E-state index is -4.73. The molecule has 0 saturated carbocycles. The Morgan fingerprint density at radius 3 is 2.37 bits per heavy atom. The van der Waals surface area contributed by atoms with Crippen LogP contribution in [0.25, 0.3) is 10.4 Å². The van der Waals surface area contributed by atoms with Gasteiger partial charge in [-0.05, 0) is 54.4 Å². The van der Waals surface area contributed by atoms with E-state index >= 15 is 0 Å². The first kappa shape index (κ1) is 27.5. The Morgan fingerprint density at radius 2 is 1.73 bits per heavy atom. The number of carbonyl (C=O) groups is 3. The lowest BCUT2D eigenvalue weighted by Crippen LogP contribution is -2.23. The van der Waals surface area contributed by atoms with Crippen molar-refractivity contribution in [2.75, 3.05) is 22.1 Å². The van der Waals surface area contributed by atoms with Gasteiger partial charge in [0.25, 0.3) is 0 Å². The summed E-state index contributed by atoms with van der Waals surface area (Å²) < 4.78 is 44.7. The average Bonchev–Trinajstić information content (AvgIpc) is 3.58. The van der Waals surface area contributed by atoms with E-state index in [0.29, 0.717) is 36.0 Å². The van der Waals surface area contributed by atoms with E-state index in [1.807, 2.05) is 12.1 Å². The van der Waals surface area contributed by atoms with Crippen LogP contribution < -0.4 is 20.3 Å². The first-order chi connectivity index (χ1) is 19.6. The highest BCUT2D eigenvalue weighted by Crippen LogP contribution is 2.34. The number of benzene rings is 2. The van der Waals surface area contributed by atoms with Crippen LogP contribution in [0.4, 0.5) is 34.5 Å². The fourth-order valence-corrected chi connectivity index (χ4v) is 4.86. The molecular weight excluding hydrogens is 565 g/mol. The Kier molecular flexibility index (Phi) is 7.52. The minimum absolute atomic E-state index is 0.0395. The summed E-state index contributed by atoms with van der Waals surface area (Å²) in [6, 6.07) is 7.90. The fraction of sp³-hybridized carbons (Fsp3) is 0.154. The van der Waals surface area contributed by atoms with E-state index in [0.717, 1.165) is 22.9 Å². The molecule has 15 heteroatoms. The average molecular weight is 585 g/mol. The van der Waals surface area contributed by atoms with Crippen molar-refractivity contribution >= 4 is 45.8 Å². The minimum Gasteiger partial charge on any atom is -0.478 e. The van der Waals surface area contributed by atoms with Gasteiger partial charge in [-0.15, -0.1) is 0 Å². The van der Waals surface area contributed by atoms with Crippen LogP contribution in [0.15, 0.2) is 61.1 Å². The van der Waals surface area contributed by atoms with Gasteiger partial charge >= 0.3 is 24.2 Å². The second-order valence-corrected chi connectivity index (χ2v) is 9.69. The molecule has 210 valence electrons. The van der Waals surface area contributed by atoms with Gasteiger partial charge in [-0.2, -0.15) is 13.2 Å². The molecule has 0 radical (unpaired) electrons. The zero-order valence-electron chi connectivity index (χ0n) is 20.8. The molecule has 3 amide bonds. The van der Waals surface area contributed by atoms with Crippen molar-refractivity contribution in [1.82, 2.24) is 15.0 Å². The number of nitrogens with zero attached hydrogens (tertiary/aromatic N) is 4. The van der Waals surface area contributed by atoms with Crippen LogP contribution >= 0.6 is 11.3 Å². The first-order valence-corrected chi connectivity index (χ1v) is 12.8. The highest BCUT2D eigenvalue weighted by molar-refractivity contribution is 7.19. The van der Waals surface area contributed by atoms with Gasteiger partial charge in [0, 0.05) is 19.2 Å². The standard InChI is InChI=1S/C26H19F3N6O5S/c27-26(28,29)15-5-8-18(22(37)38)19(10-15)34-23(39)33-16-11-30-24(31-12-16)40-17-6-3-14(4-7-17)20-13-32-25(41-20)35-9-1-2-21(35)36/h3-8,10-13H,1-2,9H2,(H,37,38)(H2,33,34,39). The van der Waals surface area contributed by atoms with Gasteiger partial charge in [-0.1, -0.05) is 11.3 Å². The number of aromatic nitrogens is 3. The third kappa shape index (κ3) is 6.41. The van der Waals surface area contributed by atoms with Crippen LogP contribution in [0.3, 0.4) is 0 Å². The SMILES string of the molecule is O=C(Nc1cnc(Oc2ccc(-c3cnc(N4CCCC4=O)s3)cc2)nc1)Nc1cc(C(F)(F)F)ccc1C(=O)O. The van der Waals surface area contributed by atoms with Gasteiger partial charge in [0.05, 0.1) is 39.8 Å². The van der Waals surface area contributed by atoms with Crippen molar-refractivity contribution in [2.45, 2.75) is 19.0 Å². The Labute approximate surface area is 233 Å². The van der Waals surface area contributed by atoms with E-state index in [2.05, 4.69) is 25.6 Å². The number of carboxylic acids is 1. The largest absolute Gasteiger partial charge is 0.478 e. The number of carboxylic acid groups (broad SMARTS) is 1. The molecule has 11 nitrogen and oxygen atoms in total. The molecule has 4 aromatic rings. The number of anilines is 3. The summed E-state index contributed by atoms with van der Waals surface area (Å²) in [7, 11) is 0. The van der Waals surface area contributed by atoms with Gasteiger partial charge in [0.1, 0.15) is 5.75 Å². The molecule has 3 heterocycles. The van der Waals surface area contributed by atoms with Crippen LogP contribution in [0.5, 0.6) is 11.8 Å². The predicted molar refractivity (Wildman–Crippen MR) is 142 cm³/mol. The first-order valence-electron chi connectivity index (χ1n) is 12.0. The number of halogens is 3. The number of nitrogens with one attached hydrogen (secondary N) is 2. The molecule has 1 aliphatic rings. The van der Waals surface area contributed by atoms with E-state index in [9.17, 15) is 32.7 Å². The van der Waals surface area contributed by atoms with Crippen LogP contribution in [0.2, 0.25) is 0 Å². The molecule has 0 unspecified atom stereocenters. The lowest BCUT2D eigenvalue weighted by molar-refractivity contribution is -0.137. The molecular formula is C26H19F3N6O5S. The van der Waals surface area contributed by atoms with Crippen molar-refractivity contribution in [3.05, 3.63) is 72.2 Å². The molecule has 0 spiro atoms.